The Bertz CT molecular complexity index is 1360. The van der Waals surface area contributed by atoms with Gasteiger partial charge in [0, 0.05) is 41.7 Å². The number of halogens is 2. The highest BCUT2D eigenvalue weighted by molar-refractivity contribution is 6.32. The first-order valence-electron chi connectivity index (χ1n) is 13.6. The number of carbonyl (C=O) groups excluding carboxylic acids is 1. The van der Waals surface area contributed by atoms with Crippen molar-refractivity contribution in [3.05, 3.63) is 52.9 Å². The Balaban J connectivity index is 1.16. The lowest BCUT2D eigenvalue weighted by Crippen LogP contribution is -2.55. The summed E-state index contributed by atoms with van der Waals surface area (Å²) in [5.74, 6) is 1.33. The average Bonchev–Trinajstić information content (AvgIpc) is 3.33. The minimum Gasteiger partial charge on any atom is -0.376 e. The Hall–Kier alpha value is -2.55. The molecule has 4 heterocycles. The van der Waals surface area contributed by atoms with E-state index in [1.807, 2.05) is 38.5 Å². The Morgan fingerprint density at radius 1 is 1.24 bits per heavy atom. The van der Waals surface area contributed by atoms with Crippen LogP contribution in [0.5, 0.6) is 0 Å². The van der Waals surface area contributed by atoms with Crippen molar-refractivity contribution in [3.63, 3.8) is 0 Å². The number of piperidine rings is 1. The van der Waals surface area contributed by atoms with Crippen molar-refractivity contribution in [2.24, 2.45) is 18.9 Å². The quantitative estimate of drug-likeness (QED) is 0.460. The number of benzene rings is 1. The van der Waals surface area contributed by atoms with E-state index >= 15 is 0 Å². The van der Waals surface area contributed by atoms with E-state index in [0.29, 0.717) is 24.3 Å². The number of aromatic nitrogens is 3. The van der Waals surface area contributed by atoms with Crippen LogP contribution in [0.3, 0.4) is 0 Å². The Labute approximate surface area is 227 Å². The molecule has 3 aromatic rings. The van der Waals surface area contributed by atoms with Gasteiger partial charge >= 0.3 is 0 Å². The third-order valence-corrected chi connectivity index (χ3v) is 9.46. The second-order valence-electron chi connectivity index (χ2n) is 11.5. The highest BCUT2D eigenvalue weighted by atomic mass is 35.5. The highest BCUT2D eigenvalue weighted by Crippen LogP contribution is 2.56. The van der Waals surface area contributed by atoms with Crippen molar-refractivity contribution in [3.8, 4) is 0 Å². The lowest BCUT2D eigenvalue weighted by Gasteiger charge is -2.43. The van der Waals surface area contributed by atoms with Crippen LogP contribution in [0.15, 0.2) is 36.8 Å². The third-order valence-electron chi connectivity index (χ3n) is 9.13. The Morgan fingerprint density at radius 3 is 2.68 bits per heavy atom. The van der Waals surface area contributed by atoms with Crippen LogP contribution in [-0.4, -0.2) is 63.6 Å². The minimum absolute atomic E-state index is 0.00895. The fourth-order valence-corrected chi connectivity index (χ4v) is 7.04. The van der Waals surface area contributed by atoms with Crippen LogP contribution >= 0.6 is 11.6 Å². The molecule has 0 unspecified atom stereocenters. The second-order valence-corrected chi connectivity index (χ2v) is 11.9. The first-order chi connectivity index (χ1) is 18.3. The molecule has 2 aliphatic heterocycles. The van der Waals surface area contributed by atoms with E-state index in [2.05, 4.69) is 33.3 Å². The number of carbonyl (C=O) groups is 1. The number of likely N-dealkylation sites (tertiary alicyclic amines) is 1. The first kappa shape index (κ1) is 25.7. The maximum atomic E-state index is 14.5. The molecule has 3 fully saturated rings. The van der Waals surface area contributed by atoms with Crippen molar-refractivity contribution in [1.82, 2.24) is 19.7 Å². The van der Waals surface area contributed by atoms with Crippen LogP contribution in [0.1, 0.15) is 56.1 Å². The summed E-state index contributed by atoms with van der Waals surface area (Å²) >= 11 is 6.73. The molecule has 2 aromatic heterocycles. The highest BCUT2D eigenvalue weighted by Gasteiger charge is 2.54. The van der Waals surface area contributed by atoms with Gasteiger partial charge in [-0.3, -0.25) is 14.4 Å². The van der Waals surface area contributed by atoms with Gasteiger partial charge < -0.3 is 10.1 Å². The lowest BCUT2D eigenvalue weighted by molar-refractivity contribution is -0.117. The Kier molecular flexibility index (Phi) is 6.69. The van der Waals surface area contributed by atoms with Gasteiger partial charge in [0.15, 0.2) is 0 Å². The summed E-state index contributed by atoms with van der Waals surface area (Å²) in [6.45, 7) is 6.36. The topological polar surface area (TPSA) is 72.3 Å². The summed E-state index contributed by atoms with van der Waals surface area (Å²) in [6, 6.07) is 6.04. The molecule has 0 spiro atoms. The van der Waals surface area contributed by atoms with Crippen LogP contribution in [0.2, 0.25) is 5.02 Å². The number of ether oxygens (including phenoxy) is 1. The molecule has 1 amide bonds. The number of hydrogen-bond donors (Lipinski definition) is 1. The van der Waals surface area contributed by atoms with Gasteiger partial charge in [-0.15, -0.1) is 0 Å². The number of rotatable bonds is 6. The maximum absolute atomic E-state index is 14.5. The molecule has 1 saturated carbocycles. The SMILES string of the molecule is CC[C@@H]1[C@H](C(=O)Nc2cc3cc(C4CCN([C@@]5(C)COC[C@H]5F)CC4)c(Cl)cc3cn2)[C@H]1c1cnn(C)c1. The Morgan fingerprint density at radius 2 is 2.03 bits per heavy atom. The normalized spacial score (nSPS) is 30.1. The van der Waals surface area contributed by atoms with Gasteiger partial charge in [0.1, 0.15) is 12.0 Å². The molecule has 1 aromatic carbocycles. The second kappa shape index (κ2) is 9.88. The zero-order chi connectivity index (χ0) is 26.6. The van der Waals surface area contributed by atoms with E-state index in [-0.39, 0.29) is 24.3 Å². The smallest absolute Gasteiger partial charge is 0.229 e. The predicted molar refractivity (Wildman–Crippen MR) is 146 cm³/mol. The van der Waals surface area contributed by atoms with Crippen molar-refractivity contribution in [2.45, 2.75) is 56.7 Å². The van der Waals surface area contributed by atoms with E-state index in [9.17, 15) is 9.18 Å². The first-order valence-corrected chi connectivity index (χ1v) is 14.0. The van der Waals surface area contributed by atoms with Crippen LogP contribution < -0.4 is 5.32 Å². The zero-order valence-corrected chi connectivity index (χ0v) is 22.9. The van der Waals surface area contributed by atoms with Crippen molar-refractivity contribution in [2.75, 3.05) is 31.6 Å². The predicted octanol–water partition coefficient (Wildman–Crippen LogP) is 5.31. The summed E-state index contributed by atoms with van der Waals surface area (Å²) in [5.41, 5.74) is 1.69. The minimum atomic E-state index is -0.952. The summed E-state index contributed by atoms with van der Waals surface area (Å²) in [7, 11) is 1.90. The molecule has 0 bridgehead atoms. The van der Waals surface area contributed by atoms with Gasteiger partial charge in [-0.1, -0.05) is 24.9 Å². The molecule has 9 heteroatoms. The van der Waals surface area contributed by atoms with Crippen LogP contribution in [-0.2, 0) is 16.6 Å². The van der Waals surface area contributed by atoms with E-state index in [1.165, 1.54) is 0 Å². The molecule has 0 radical (unpaired) electrons. The van der Waals surface area contributed by atoms with Gasteiger partial charge in [0.2, 0.25) is 5.91 Å². The standard InChI is InChI=1S/C29H35ClFN5O2/c1-4-21-26(20-13-33-35(3)14-20)27(21)28(37)34-25-11-18-9-22(23(30)10-19(18)12-32-25)17-5-7-36(8-6-17)29(2)16-38-15-24(29)31/h9-14,17,21,24,26-27H,4-8,15-16H2,1-3H3,(H,32,34,37)/t21-,24+,26-,27-,29-/m0/s1. The fraction of sp³-hybridized carbons (Fsp3) is 0.552. The van der Waals surface area contributed by atoms with E-state index in [4.69, 9.17) is 16.3 Å². The molecule has 38 heavy (non-hydrogen) atoms. The number of anilines is 1. The van der Waals surface area contributed by atoms with Gasteiger partial charge in [-0.05, 0) is 79.4 Å². The number of amides is 1. The number of aryl methyl sites for hydroxylation is 1. The lowest BCUT2D eigenvalue weighted by atomic mass is 9.85. The number of hydrogen-bond acceptors (Lipinski definition) is 5. The number of fused-ring (bicyclic) bond motifs is 1. The van der Waals surface area contributed by atoms with E-state index in [1.54, 1.807) is 10.9 Å². The zero-order valence-electron chi connectivity index (χ0n) is 22.2. The summed E-state index contributed by atoms with van der Waals surface area (Å²) in [5, 5.41) is 10.0. The molecule has 3 aliphatic rings. The largest absolute Gasteiger partial charge is 0.376 e. The van der Waals surface area contributed by atoms with Crippen molar-refractivity contribution < 1.29 is 13.9 Å². The molecule has 5 atom stereocenters. The van der Waals surface area contributed by atoms with Gasteiger partial charge in [-0.25, -0.2) is 9.37 Å². The van der Waals surface area contributed by atoms with E-state index in [0.717, 1.165) is 59.3 Å². The molecule has 1 N–H and O–H groups in total. The molecular formula is C29H35ClFN5O2. The summed E-state index contributed by atoms with van der Waals surface area (Å²) in [6.07, 6.45) is 7.46. The molecule has 7 nitrogen and oxygen atoms in total. The van der Waals surface area contributed by atoms with Gasteiger partial charge in [0.25, 0.3) is 0 Å². The summed E-state index contributed by atoms with van der Waals surface area (Å²) in [4.78, 5) is 19.9. The van der Waals surface area contributed by atoms with Crippen LogP contribution in [0, 0.1) is 11.8 Å². The molecule has 202 valence electrons. The fourth-order valence-electron chi connectivity index (χ4n) is 6.71. The van der Waals surface area contributed by atoms with Gasteiger partial charge in [-0.2, -0.15) is 5.10 Å². The molecular weight excluding hydrogens is 505 g/mol. The third kappa shape index (κ3) is 4.50. The average molecular weight is 540 g/mol. The monoisotopic (exact) mass is 539 g/mol. The van der Waals surface area contributed by atoms with Crippen LogP contribution in [0.4, 0.5) is 10.2 Å². The van der Waals surface area contributed by atoms with E-state index < -0.39 is 11.7 Å². The molecule has 2 saturated heterocycles. The van der Waals surface area contributed by atoms with Crippen molar-refractivity contribution >= 4 is 34.1 Å². The number of nitrogens with zero attached hydrogens (tertiary/aromatic N) is 4. The number of alkyl halides is 1. The molecule has 6 rings (SSSR count). The van der Waals surface area contributed by atoms with Crippen molar-refractivity contribution in [1.29, 1.82) is 0 Å². The maximum Gasteiger partial charge on any atom is 0.229 e. The number of pyridine rings is 1. The van der Waals surface area contributed by atoms with Crippen LogP contribution in [0.25, 0.3) is 10.8 Å². The number of nitrogens with one attached hydrogen (secondary N) is 1. The molecule has 1 aliphatic carbocycles. The van der Waals surface area contributed by atoms with Gasteiger partial charge in [0.05, 0.1) is 24.9 Å². The summed E-state index contributed by atoms with van der Waals surface area (Å²) < 4.78 is 21.7.